The fourth-order valence-corrected chi connectivity index (χ4v) is 1.14. The van der Waals surface area contributed by atoms with Gasteiger partial charge in [0.05, 0.1) is 6.20 Å². The van der Waals surface area contributed by atoms with Crippen molar-refractivity contribution in [2.45, 2.75) is 6.92 Å². The maximum atomic E-state index is 10.9. The van der Waals surface area contributed by atoms with Gasteiger partial charge in [0, 0.05) is 11.9 Å². The summed E-state index contributed by atoms with van der Waals surface area (Å²) in [6.45, 7) is 1.86. The summed E-state index contributed by atoms with van der Waals surface area (Å²) < 4.78 is 12.3. The van der Waals surface area contributed by atoms with E-state index >= 15 is 0 Å². The van der Waals surface area contributed by atoms with Crippen LogP contribution < -0.4 is 0 Å². The van der Waals surface area contributed by atoms with E-state index in [1.54, 1.807) is 18.5 Å². The van der Waals surface area contributed by atoms with E-state index < -0.39 is 11.0 Å². The van der Waals surface area contributed by atoms with Crippen molar-refractivity contribution >= 4 is 11.0 Å². The van der Waals surface area contributed by atoms with Gasteiger partial charge in [0.1, 0.15) is 11.0 Å². The minimum atomic E-state index is -0.954. The Morgan fingerprint density at radius 1 is 1.78 bits per heavy atom. The lowest BCUT2D eigenvalue weighted by molar-refractivity contribution is 0.672. The first kappa shape index (κ1) is 6.48. The molecule has 0 aliphatic heterocycles. The highest BCUT2D eigenvalue weighted by Crippen LogP contribution is 1.87. The van der Waals surface area contributed by atoms with Crippen molar-refractivity contribution < 1.29 is 4.21 Å². The third-order valence-electron chi connectivity index (χ3n) is 0.936. The second-order valence-electron chi connectivity index (χ2n) is 1.52. The molecule has 3 nitrogen and oxygen atoms in total. The van der Waals surface area contributed by atoms with Crippen LogP contribution in [0.3, 0.4) is 0 Å². The Morgan fingerprint density at radius 3 is 3.00 bits per heavy atom. The van der Waals surface area contributed by atoms with E-state index in [-0.39, 0.29) is 0 Å². The lowest BCUT2D eigenvalue weighted by Crippen LogP contribution is -2.05. The second kappa shape index (κ2) is 2.77. The van der Waals surface area contributed by atoms with Crippen LogP contribution in [0.5, 0.6) is 0 Å². The molecule has 0 aliphatic carbocycles. The molecular weight excluding hydrogens is 136 g/mol. The highest BCUT2D eigenvalue weighted by atomic mass is 32.2. The van der Waals surface area contributed by atoms with Crippen LogP contribution in [0.2, 0.25) is 0 Å². The van der Waals surface area contributed by atoms with Gasteiger partial charge in [-0.25, -0.2) is 4.21 Å². The van der Waals surface area contributed by atoms with Gasteiger partial charge in [-0.1, -0.05) is 6.92 Å². The topological polar surface area (TPSA) is 34.9 Å². The minimum absolute atomic E-state index is 0.613. The van der Waals surface area contributed by atoms with Gasteiger partial charge in [0.25, 0.3) is 0 Å². The fourth-order valence-electron chi connectivity index (χ4n) is 0.508. The molecule has 0 saturated heterocycles. The number of rotatable bonds is 2. The summed E-state index contributed by atoms with van der Waals surface area (Å²) in [7, 11) is -0.954. The number of nitrogens with zero attached hydrogens (tertiary/aromatic N) is 2. The van der Waals surface area contributed by atoms with Crippen molar-refractivity contribution in [2.75, 3.05) is 5.75 Å². The van der Waals surface area contributed by atoms with Crippen molar-refractivity contribution in [2.24, 2.45) is 0 Å². The molecule has 1 aromatic rings. The summed E-state index contributed by atoms with van der Waals surface area (Å²) in [6, 6.07) is 1.76. The standard InChI is InChI=1S/C5H8N2OS/c1-2-9(8)7-5-3-4-6-7/h3-5H,2H2,1H3. The molecule has 1 heterocycles. The van der Waals surface area contributed by atoms with E-state index in [1.165, 1.54) is 4.09 Å². The molecule has 0 aromatic carbocycles. The van der Waals surface area contributed by atoms with Crippen LogP contribution in [-0.2, 0) is 11.0 Å². The second-order valence-corrected chi connectivity index (χ2v) is 3.11. The molecular formula is C5H8N2OS. The van der Waals surface area contributed by atoms with Crippen LogP contribution in [-0.4, -0.2) is 19.1 Å². The van der Waals surface area contributed by atoms with Gasteiger partial charge in [-0.05, 0) is 6.07 Å². The molecule has 0 fully saturated rings. The van der Waals surface area contributed by atoms with E-state index in [0.717, 1.165) is 0 Å². The molecule has 0 amide bonds. The largest absolute Gasteiger partial charge is 0.235 e. The molecule has 0 saturated carbocycles. The molecule has 9 heavy (non-hydrogen) atoms. The molecule has 0 bridgehead atoms. The van der Waals surface area contributed by atoms with Crippen molar-refractivity contribution in [3.05, 3.63) is 18.5 Å². The van der Waals surface area contributed by atoms with Crippen molar-refractivity contribution in [1.29, 1.82) is 0 Å². The van der Waals surface area contributed by atoms with Gasteiger partial charge in [-0.15, -0.1) is 0 Å². The zero-order valence-electron chi connectivity index (χ0n) is 5.15. The Labute approximate surface area is 56.3 Å². The molecule has 1 atom stereocenters. The van der Waals surface area contributed by atoms with Crippen LogP contribution in [0, 0.1) is 0 Å². The zero-order valence-corrected chi connectivity index (χ0v) is 5.97. The zero-order chi connectivity index (χ0) is 6.69. The number of hydrogen-bond acceptors (Lipinski definition) is 2. The Balaban J connectivity index is 2.77. The Kier molecular flexibility index (Phi) is 2.00. The first-order valence-electron chi connectivity index (χ1n) is 2.73. The molecule has 50 valence electrons. The van der Waals surface area contributed by atoms with Crippen molar-refractivity contribution in [1.82, 2.24) is 9.19 Å². The normalized spacial score (nSPS) is 13.4. The van der Waals surface area contributed by atoms with Gasteiger partial charge in [-0.2, -0.15) is 9.19 Å². The Hall–Kier alpha value is -0.640. The van der Waals surface area contributed by atoms with E-state index in [2.05, 4.69) is 5.10 Å². The third kappa shape index (κ3) is 1.38. The summed E-state index contributed by atoms with van der Waals surface area (Å²) in [4.78, 5) is 0. The van der Waals surface area contributed by atoms with E-state index in [9.17, 15) is 4.21 Å². The third-order valence-corrected chi connectivity index (χ3v) is 2.06. The summed E-state index contributed by atoms with van der Waals surface area (Å²) in [5.74, 6) is 0.613. The Morgan fingerprint density at radius 2 is 2.56 bits per heavy atom. The van der Waals surface area contributed by atoms with Gasteiger partial charge in [-0.3, -0.25) is 0 Å². The average Bonchev–Trinajstić information content (AvgIpc) is 2.37. The first-order chi connectivity index (χ1) is 4.34. The van der Waals surface area contributed by atoms with Crippen LogP contribution in [0.15, 0.2) is 18.5 Å². The highest BCUT2D eigenvalue weighted by Gasteiger charge is 1.94. The maximum absolute atomic E-state index is 10.9. The van der Waals surface area contributed by atoms with Gasteiger partial charge < -0.3 is 0 Å². The van der Waals surface area contributed by atoms with Crippen LogP contribution >= 0.6 is 0 Å². The van der Waals surface area contributed by atoms with Crippen molar-refractivity contribution in [3.8, 4) is 0 Å². The summed E-state index contributed by atoms with van der Waals surface area (Å²) in [5, 5.41) is 3.80. The summed E-state index contributed by atoms with van der Waals surface area (Å²) >= 11 is 0. The predicted molar refractivity (Wildman–Crippen MR) is 36.3 cm³/mol. The summed E-state index contributed by atoms with van der Waals surface area (Å²) in [5.41, 5.74) is 0. The fraction of sp³-hybridized carbons (Fsp3) is 0.400. The first-order valence-corrected chi connectivity index (χ1v) is 4.00. The maximum Gasteiger partial charge on any atom is 0.139 e. The molecule has 1 rings (SSSR count). The van der Waals surface area contributed by atoms with Gasteiger partial charge in [0.2, 0.25) is 0 Å². The minimum Gasteiger partial charge on any atom is -0.235 e. The molecule has 0 spiro atoms. The van der Waals surface area contributed by atoms with E-state index in [4.69, 9.17) is 0 Å². The molecule has 0 N–H and O–H groups in total. The number of aromatic nitrogens is 2. The van der Waals surface area contributed by atoms with E-state index in [1.807, 2.05) is 6.92 Å². The van der Waals surface area contributed by atoms with E-state index in [0.29, 0.717) is 5.75 Å². The lowest BCUT2D eigenvalue weighted by Gasteiger charge is -1.93. The van der Waals surface area contributed by atoms with Crippen molar-refractivity contribution in [3.63, 3.8) is 0 Å². The molecule has 0 aliphatic rings. The SMILES string of the molecule is CCS(=O)n1cccn1. The average molecular weight is 144 g/mol. The highest BCUT2D eigenvalue weighted by molar-refractivity contribution is 7.83. The molecule has 1 unspecified atom stereocenters. The molecule has 4 heteroatoms. The van der Waals surface area contributed by atoms with Gasteiger partial charge in [0.15, 0.2) is 0 Å². The van der Waals surface area contributed by atoms with Gasteiger partial charge >= 0.3 is 0 Å². The number of hydrogen-bond donors (Lipinski definition) is 0. The molecule has 0 radical (unpaired) electrons. The van der Waals surface area contributed by atoms with Crippen LogP contribution in [0.1, 0.15) is 6.92 Å². The quantitative estimate of drug-likeness (QED) is 0.602. The van der Waals surface area contributed by atoms with Crippen LogP contribution in [0.25, 0.3) is 0 Å². The Bertz CT molecular complexity index is 195. The lowest BCUT2D eigenvalue weighted by atomic mass is 10.8. The summed E-state index contributed by atoms with van der Waals surface area (Å²) in [6.07, 6.45) is 3.31. The predicted octanol–water partition coefficient (Wildman–Crippen LogP) is 0.415. The monoisotopic (exact) mass is 144 g/mol. The van der Waals surface area contributed by atoms with Crippen LogP contribution in [0.4, 0.5) is 0 Å². The molecule has 1 aromatic heterocycles. The smallest absolute Gasteiger partial charge is 0.139 e.